The third-order valence-corrected chi connectivity index (χ3v) is 2.31. The number of rotatable bonds is 1. The van der Waals surface area contributed by atoms with E-state index >= 15 is 0 Å². The van der Waals surface area contributed by atoms with Gasteiger partial charge in [0, 0.05) is 5.41 Å². The van der Waals surface area contributed by atoms with E-state index in [0.29, 0.717) is 5.69 Å². The summed E-state index contributed by atoms with van der Waals surface area (Å²) >= 11 is 5.60. The van der Waals surface area contributed by atoms with E-state index in [9.17, 15) is 9.18 Å². The number of halogens is 2. The lowest BCUT2D eigenvalue weighted by Crippen LogP contribution is -2.20. The van der Waals surface area contributed by atoms with Crippen LogP contribution in [0.1, 0.15) is 36.8 Å². The largest absolute Gasteiger partial charge is 0.465 e. The number of aromatic nitrogens is 1. The van der Waals surface area contributed by atoms with Crippen molar-refractivity contribution >= 4 is 17.6 Å². The Morgan fingerprint density at radius 2 is 2.06 bits per heavy atom. The van der Waals surface area contributed by atoms with E-state index in [1.54, 1.807) is 0 Å². The number of ether oxygens (including phenoxy) is 1. The SMILES string of the molecule is COC(=O)c1cc(F)c(Cl)nc1C(C)(C)C. The van der Waals surface area contributed by atoms with Gasteiger partial charge in [-0.1, -0.05) is 32.4 Å². The van der Waals surface area contributed by atoms with Crippen molar-refractivity contribution in [3.63, 3.8) is 0 Å². The molecule has 0 fully saturated rings. The van der Waals surface area contributed by atoms with Crippen molar-refractivity contribution in [3.05, 3.63) is 28.3 Å². The van der Waals surface area contributed by atoms with E-state index in [1.807, 2.05) is 20.8 Å². The topological polar surface area (TPSA) is 39.2 Å². The van der Waals surface area contributed by atoms with E-state index in [2.05, 4.69) is 9.72 Å². The van der Waals surface area contributed by atoms with Crippen LogP contribution in [0.2, 0.25) is 5.15 Å². The Kier molecular flexibility index (Phi) is 3.53. The van der Waals surface area contributed by atoms with Gasteiger partial charge in [0.25, 0.3) is 0 Å². The lowest BCUT2D eigenvalue weighted by atomic mass is 9.88. The number of methoxy groups -OCH3 is 1. The smallest absolute Gasteiger partial charge is 0.339 e. The zero-order valence-corrected chi connectivity index (χ0v) is 10.4. The van der Waals surface area contributed by atoms with Crippen LogP contribution in [0.5, 0.6) is 0 Å². The second-order valence-corrected chi connectivity index (χ2v) is 4.76. The van der Waals surface area contributed by atoms with Crippen molar-refractivity contribution in [2.24, 2.45) is 0 Å². The third-order valence-electron chi connectivity index (χ3n) is 2.05. The molecule has 0 unspecified atom stereocenters. The van der Waals surface area contributed by atoms with Crippen LogP contribution in [0.3, 0.4) is 0 Å². The van der Waals surface area contributed by atoms with E-state index in [1.165, 1.54) is 7.11 Å². The van der Waals surface area contributed by atoms with Crippen LogP contribution in [0, 0.1) is 5.82 Å². The Morgan fingerprint density at radius 3 is 2.50 bits per heavy atom. The first-order valence-corrected chi connectivity index (χ1v) is 5.10. The molecule has 3 nitrogen and oxygen atoms in total. The fourth-order valence-electron chi connectivity index (χ4n) is 1.30. The summed E-state index contributed by atoms with van der Waals surface area (Å²) in [5.74, 6) is -1.34. The monoisotopic (exact) mass is 245 g/mol. The maximum atomic E-state index is 13.2. The summed E-state index contributed by atoms with van der Waals surface area (Å²) < 4.78 is 17.8. The fraction of sp³-hybridized carbons (Fsp3) is 0.455. The van der Waals surface area contributed by atoms with Crippen LogP contribution in [-0.4, -0.2) is 18.1 Å². The highest BCUT2D eigenvalue weighted by Crippen LogP contribution is 2.27. The van der Waals surface area contributed by atoms with Gasteiger partial charge >= 0.3 is 5.97 Å². The highest BCUT2D eigenvalue weighted by atomic mass is 35.5. The predicted molar refractivity (Wildman–Crippen MR) is 59.2 cm³/mol. The summed E-state index contributed by atoms with van der Waals surface area (Å²) in [6.07, 6.45) is 0. The molecule has 1 heterocycles. The molecule has 0 N–H and O–H groups in total. The first-order valence-electron chi connectivity index (χ1n) is 4.72. The van der Waals surface area contributed by atoms with Crippen molar-refractivity contribution in [1.29, 1.82) is 0 Å². The maximum Gasteiger partial charge on any atom is 0.339 e. The van der Waals surface area contributed by atoms with Crippen LogP contribution in [0.15, 0.2) is 6.07 Å². The minimum absolute atomic E-state index is 0.108. The molecular weight excluding hydrogens is 233 g/mol. The highest BCUT2D eigenvalue weighted by molar-refractivity contribution is 6.29. The Balaban J connectivity index is 3.45. The van der Waals surface area contributed by atoms with E-state index in [4.69, 9.17) is 11.6 Å². The predicted octanol–water partition coefficient (Wildman–Crippen LogP) is 2.96. The maximum absolute atomic E-state index is 13.2. The molecule has 1 rings (SSSR count). The molecule has 0 bridgehead atoms. The standard InChI is InChI=1S/C11H13ClFNO2/c1-11(2,3)8-6(10(15)16-4)5-7(13)9(12)14-8/h5H,1-4H3. The lowest BCUT2D eigenvalue weighted by molar-refractivity contribution is 0.0596. The number of carbonyl (C=O) groups excluding carboxylic acids is 1. The molecule has 16 heavy (non-hydrogen) atoms. The van der Waals surface area contributed by atoms with Crippen molar-refractivity contribution < 1.29 is 13.9 Å². The van der Waals surface area contributed by atoms with Gasteiger partial charge in [-0.3, -0.25) is 0 Å². The Bertz CT molecular complexity index is 427. The van der Waals surface area contributed by atoms with Crippen LogP contribution >= 0.6 is 11.6 Å². The van der Waals surface area contributed by atoms with Gasteiger partial charge in [0.15, 0.2) is 11.0 Å². The van der Waals surface area contributed by atoms with Gasteiger partial charge in [0.05, 0.1) is 18.4 Å². The second kappa shape index (κ2) is 4.37. The molecule has 1 aromatic rings. The minimum atomic E-state index is -0.727. The zero-order valence-electron chi connectivity index (χ0n) is 9.60. The molecule has 0 saturated carbocycles. The molecule has 1 aromatic heterocycles. The quantitative estimate of drug-likeness (QED) is 0.564. The summed E-state index contributed by atoms with van der Waals surface area (Å²) in [7, 11) is 1.24. The van der Waals surface area contributed by atoms with Crippen molar-refractivity contribution in [1.82, 2.24) is 4.98 Å². The molecule has 88 valence electrons. The normalized spacial score (nSPS) is 11.4. The first-order chi connectivity index (χ1) is 7.27. The van der Waals surface area contributed by atoms with Gasteiger partial charge in [-0.25, -0.2) is 14.2 Å². The molecule has 0 radical (unpaired) electrons. The number of nitrogens with zero attached hydrogens (tertiary/aromatic N) is 1. The fourth-order valence-corrected chi connectivity index (χ4v) is 1.44. The van der Waals surface area contributed by atoms with Gasteiger partial charge in [0.2, 0.25) is 0 Å². The molecule has 0 aliphatic carbocycles. The molecule has 0 spiro atoms. The van der Waals surface area contributed by atoms with E-state index in [-0.39, 0.29) is 10.7 Å². The van der Waals surface area contributed by atoms with Crippen LogP contribution < -0.4 is 0 Å². The molecular formula is C11H13ClFNO2. The Labute approximate surface area is 98.6 Å². The summed E-state index contributed by atoms with van der Waals surface area (Å²) in [5.41, 5.74) is 0.114. The zero-order chi connectivity index (χ0) is 12.5. The number of hydrogen-bond donors (Lipinski definition) is 0. The van der Waals surface area contributed by atoms with Crippen molar-refractivity contribution in [2.45, 2.75) is 26.2 Å². The average molecular weight is 246 g/mol. The molecule has 5 heteroatoms. The number of carbonyl (C=O) groups is 1. The first kappa shape index (κ1) is 12.9. The summed E-state index contributed by atoms with van der Waals surface area (Å²) in [4.78, 5) is 15.4. The molecule has 0 saturated heterocycles. The summed E-state index contributed by atoms with van der Waals surface area (Å²) in [5, 5.41) is -0.238. The average Bonchev–Trinajstić information content (AvgIpc) is 2.18. The molecule has 0 aromatic carbocycles. The number of hydrogen-bond acceptors (Lipinski definition) is 3. The van der Waals surface area contributed by atoms with Crippen molar-refractivity contribution in [2.75, 3.05) is 7.11 Å². The van der Waals surface area contributed by atoms with Gasteiger partial charge in [-0.05, 0) is 6.07 Å². The minimum Gasteiger partial charge on any atom is -0.465 e. The van der Waals surface area contributed by atoms with Gasteiger partial charge in [-0.15, -0.1) is 0 Å². The van der Waals surface area contributed by atoms with Crippen molar-refractivity contribution in [3.8, 4) is 0 Å². The van der Waals surface area contributed by atoms with Crippen LogP contribution in [0.4, 0.5) is 4.39 Å². The van der Waals surface area contributed by atoms with Gasteiger partial charge in [-0.2, -0.15) is 0 Å². The number of esters is 1. The summed E-state index contributed by atoms with van der Waals surface area (Å²) in [6, 6.07) is 1.06. The highest BCUT2D eigenvalue weighted by Gasteiger charge is 2.26. The van der Waals surface area contributed by atoms with E-state index < -0.39 is 17.2 Å². The number of pyridine rings is 1. The lowest BCUT2D eigenvalue weighted by Gasteiger charge is -2.20. The Morgan fingerprint density at radius 1 is 1.50 bits per heavy atom. The van der Waals surface area contributed by atoms with Crippen LogP contribution in [0.25, 0.3) is 0 Å². The molecule has 0 aliphatic heterocycles. The van der Waals surface area contributed by atoms with Crippen LogP contribution in [-0.2, 0) is 10.2 Å². The van der Waals surface area contributed by atoms with Gasteiger partial charge < -0.3 is 4.74 Å². The molecule has 0 aliphatic rings. The second-order valence-electron chi connectivity index (χ2n) is 4.40. The molecule has 0 atom stereocenters. The van der Waals surface area contributed by atoms with Gasteiger partial charge in [0.1, 0.15) is 0 Å². The Hall–Kier alpha value is -1.16. The summed E-state index contributed by atoms with van der Waals surface area (Å²) in [6.45, 7) is 5.57. The molecule has 0 amide bonds. The van der Waals surface area contributed by atoms with E-state index in [0.717, 1.165) is 6.07 Å². The third kappa shape index (κ3) is 2.50.